The van der Waals surface area contributed by atoms with Crippen molar-refractivity contribution in [2.24, 2.45) is 0 Å². The third kappa shape index (κ3) is 3.24. The summed E-state index contributed by atoms with van der Waals surface area (Å²) in [5.74, 6) is -0.413. The largest absolute Gasteiger partial charge is 0.346 e. The lowest BCUT2D eigenvalue weighted by Gasteiger charge is -2.08. The summed E-state index contributed by atoms with van der Waals surface area (Å²) >= 11 is 0. The quantitative estimate of drug-likeness (QED) is 0.608. The smallest absolute Gasteiger partial charge is 0.331 e. The summed E-state index contributed by atoms with van der Waals surface area (Å²) in [7, 11) is 0. The Morgan fingerprint density at radius 3 is 2.54 bits per heavy atom. The Bertz CT molecular complexity index is 1260. The van der Waals surface area contributed by atoms with E-state index in [-0.39, 0.29) is 18.5 Å². The first kappa shape index (κ1) is 18.9. The Labute approximate surface area is 160 Å². The zero-order chi connectivity index (χ0) is 20.3. The first-order valence-corrected chi connectivity index (χ1v) is 8.74. The molecule has 8 nitrogen and oxygen atoms in total. The molecule has 0 N–H and O–H groups in total. The number of nitrogens with zero attached hydrogens (tertiary/aromatic N) is 5. The summed E-state index contributed by atoms with van der Waals surface area (Å²) < 4.78 is 3.83. The predicted octanol–water partition coefficient (Wildman–Crippen LogP) is 1.65. The summed E-state index contributed by atoms with van der Waals surface area (Å²) in [6.45, 7) is 1.95. The highest BCUT2D eigenvalue weighted by molar-refractivity contribution is 6.08. The van der Waals surface area contributed by atoms with Gasteiger partial charge in [-0.3, -0.25) is 18.7 Å². The van der Waals surface area contributed by atoms with Gasteiger partial charge in [-0.2, -0.15) is 10.5 Å². The van der Waals surface area contributed by atoms with E-state index in [1.54, 1.807) is 31.3 Å². The van der Waals surface area contributed by atoms with E-state index in [0.29, 0.717) is 17.5 Å². The maximum Gasteiger partial charge on any atom is 0.331 e. The SMILES string of the molecule is CCn1cc(C#N)c(=O)n(CC(=O)c2cn(CCC#N)c3ccccc23)c1=O. The van der Waals surface area contributed by atoms with E-state index in [1.165, 1.54) is 10.8 Å². The van der Waals surface area contributed by atoms with Crippen LogP contribution in [0.15, 0.2) is 46.2 Å². The number of para-hydroxylation sites is 1. The summed E-state index contributed by atoms with van der Waals surface area (Å²) in [4.78, 5) is 37.8. The third-order valence-corrected chi connectivity index (χ3v) is 4.55. The average molecular weight is 375 g/mol. The topological polar surface area (TPSA) is 114 Å². The van der Waals surface area contributed by atoms with E-state index >= 15 is 0 Å². The molecule has 28 heavy (non-hydrogen) atoms. The van der Waals surface area contributed by atoms with Crippen molar-refractivity contribution in [2.45, 2.75) is 33.0 Å². The van der Waals surface area contributed by atoms with Gasteiger partial charge in [-0.1, -0.05) is 18.2 Å². The maximum atomic E-state index is 12.9. The molecule has 2 heterocycles. The molecule has 0 bridgehead atoms. The van der Waals surface area contributed by atoms with E-state index in [9.17, 15) is 14.4 Å². The van der Waals surface area contributed by atoms with Gasteiger partial charge >= 0.3 is 5.69 Å². The van der Waals surface area contributed by atoms with E-state index in [0.717, 1.165) is 10.1 Å². The summed E-state index contributed by atoms with van der Waals surface area (Å²) in [6.07, 6.45) is 3.14. The Kier molecular flexibility index (Phi) is 5.23. The molecule has 3 rings (SSSR count). The average Bonchev–Trinajstić information content (AvgIpc) is 3.08. The molecule has 8 heteroatoms. The van der Waals surface area contributed by atoms with Crippen LogP contribution >= 0.6 is 0 Å². The second-order valence-electron chi connectivity index (χ2n) is 6.20. The molecule has 0 spiro atoms. The second-order valence-corrected chi connectivity index (χ2v) is 6.20. The number of Topliss-reactive ketones (excluding diaryl/α,β-unsaturated/α-hetero) is 1. The second kappa shape index (κ2) is 7.77. The van der Waals surface area contributed by atoms with Gasteiger partial charge in [0.25, 0.3) is 5.56 Å². The molecule has 2 aromatic heterocycles. The van der Waals surface area contributed by atoms with E-state index in [2.05, 4.69) is 6.07 Å². The minimum atomic E-state index is -0.779. The standard InChI is InChI=1S/C20H17N5O3/c1-2-23-11-14(10-22)19(27)25(20(23)28)13-18(26)16-12-24(9-5-8-21)17-7-4-3-6-15(16)17/h3-4,6-7,11-12H,2,5,9,13H2,1H3. The molecule has 0 atom stereocenters. The molecule has 0 saturated heterocycles. The fourth-order valence-electron chi connectivity index (χ4n) is 3.15. The van der Waals surface area contributed by atoms with Gasteiger partial charge in [0.15, 0.2) is 5.78 Å². The van der Waals surface area contributed by atoms with Gasteiger partial charge < -0.3 is 4.57 Å². The number of ketones is 1. The van der Waals surface area contributed by atoms with Crippen LogP contribution in [-0.4, -0.2) is 19.5 Å². The molecular weight excluding hydrogens is 358 g/mol. The summed E-state index contributed by atoms with van der Waals surface area (Å²) in [6, 6.07) is 11.1. The van der Waals surface area contributed by atoms with Crippen LogP contribution in [0.4, 0.5) is 0 Å². The van der Waals surface area contributed by atoms with E-state index in [4.69, 9.17) is 10.5 Å². The summed E-state index contributed by atoms with van der Waals surface area (Å²) in [5, 5.41) is 18.7. The van der Waals surface area contributed by atoms with Crippen molar-refractivity contribution in [3.8, 4) is 12.1 Å². The molecule has 1 aromatic carbocycles. The molecule has 0 aliphatic heterocycles. The molecular formula is C20H17N5O3. The zero-order valence-corrected chi connectivity index (χ0v) is 15.3. The van der Waals surface area contributed by atoms with Crippen LogP contribution in [-0.2, 0) is 19.6 Å². The van der Waals surface area contributed by atoms with Gasteiger partial charge in [-0.05, 0) is 13.0 Å². The first-order valence-electron chi connectivity index (χ1n) is 8.74. The minimum absolute atomic E-state index is 0.189. The van der Waals surface area contributed by atoms with Gasteiger partial charge in [-0.15, -0.1) is 0 Å². The minimum Gasteiger partial charge on any atom is -0.346 e. The Morgan fingerprint density at radius 1 is 1.11 bits per heavy atom. The molecule has 140 valence electrons. The highest BCUT2D eigenvalue weighted by Crippen LogP contribution is 2.22. The number of aryl methyl sites for hydroxylation is 2. The normalized spacial score (nSPS) is 10.5. The van der Waals surface area contributed by atoms with Crippen molar-refractivity contribution < 1.29 is 4.79 Å². The molecule has 0 saturated carbocycles. The Morgan fingerprint density at radius 2 is 1.86 bits per heavy atom. The number of carbonyl (C=O) groups is 1. The van der Waals surface area contributed by atoms with Gasteiger partial charge in [0.2, 0.25) is 0 Å². The zero-order valence-electron chi connectivity index (χ0n) is 15.3. The molecule has 0 aliphatic carbocycles. The van der Waals surface area contributed by atoms with Crippen LogP contribution in [0.1, 0.15) is 29.3 Å². The van der Waals surface area contributed by atoms with Crippen molar-refractivity contribution in [3.05, 3.63) is 68.6 Å². The van der Waals surface area contributed by atoms with Crippen molar-refractivity contribution >= 4 is 16.7 Å². The highest BCUT2D eigenvalue weighted by atomic mass is 16.2. The van der Waals surface area contributed by atoms with Crippen LogP contribution in [0.2, 0.25) is 0 Å². The summed E-state index contributed by atoms with van der Waals surface area (Å²) in [5.41, 5.74) is -0.437. The number of aromatic nitrogens is 3. The Balaban J connectivity index is 2.08. The van der Waals surface area contributed by atoms with Crippen LogP contribution in [0.5, 0.6) is 0 Å². The van der Waals surface area contributed by atoms with Gasteiger partial charge in [0.05, 0.1) is 19.0 Å². The lowest BCUT2D eigenvalue weighted by atomic mass is 10.1. The van der Waals surface area contributed by atoms with Crippen LogP contribution in [0, 0.1) is 22.7 Å². The molecule has 0 amide bonds. The predicted molar refractivity (Wildman–Crippen MR) is 102 cm³/mol. The molecule has 0 radical (unpaired) electrons. The number of benzene rings is 1. The number of rotatable bonds is 6. The van der Waals surface area contributed by atoms with Crippen molar-refractivity contribution in [1.82, 2.24) is 13.7 Å². The van der Waals surface area contributed by atoms with E-state index in [1.807, 2.05) is 16.7 Å². The van der Waals surface area contributed by atoms with E-state index < -0.39 is 23.6 Å². The van der Waals surface area contributed by atoms with Crippen LogP contribution in [0.25, 0.3) is 10.9 Å². The maximum absolute atomic E-state index is 12.9. The van der Waals surface area contributed by atoms with Crippen molar-refractivity contribution in [2.75, 3.05) is 0 Å². The van der Waals surface area contributed by atoms with Gasteiger partial charge in [-0.25, -0.2) is 4.79 Å². The number of hydrogen-bond donors (Lipinski definition) is 0. The fraction of sp³-hybridized carbons (Fsp3) is 0.250. The number of fused-ring (bicyclic) bond motifs is 1. The highest BCUT2D eigenvalue weighted by Gasteiger charge is 2.19. The van der Waals surface area contributed by atoms with Crippen molar-refractivity contribution in [3.63, 3.8) is 0 Å². The lowest BCUT2D eigenvalue weighted by Crippen LogP contribution is -2.42. The molecule has 0 aliphatic rings. The van der Waals surface area contributed by atoms with Gasteiger partial charge in [0, 0.05) is 41.9 Å². The lowest BCUT2D eigenvalue weighted by molar-refractivity contribution is 0.0970. The first-order chi connectivity index (χ1) is 13.5. The molecule has 0 fully saturated rings. The van der Waals surface area contributed by atoms with Gasteiger partial charge in [0.1, 0.15) is 11.6 Å². The van der Waals surface area contributed by atoms with Crippen LogP contribution < -0.4 is 11.2 Å². The third-order valence-electron chi connectivity index (χ3n) is 4.55. The number of nitriles is 2. The molecule has 0 unspecified atom stereocenters. The fourth-order valence-corrected chi connectivity index (χ4v) is 3.15. The molecule has 3 aromatic rings. The monoisotopic (exact) mass is 375 g/mol. The van der Waals surface area contributed by atoms with Crippen LogP contribution in [0.3, 0.4) is 0 Å². The number of hydrogen-bond acceptors (Lipinski definition) is 5. The Hall–Kier alpha value is -3.91. The van der Waals surface area contributed by atoms with Crippen molar-refractivity contribution in [1.29, 1.82) is 10.5 Å². The number of carbonyl (C=O) groups excluding carboxylic acids is 1.